The summed E-state index contributed by atoms with van der Waals surface area (Å²) in [6.45, 7) is 4.91. The van der Waals surface area contributed by atoms with Gasteiger partial charge in [-0.2, -0.15) is 0 Å². The number of benzene rings is 1. The Balaban J connectivity index is 2.57. The van der Waals surface area contributed by atoms with Gasteiger partial charge in [-0.15, -0.1) is 0 Å². The summed E-state index contributed by atoms with van der Waals surface area (Å²) in [6.07, 6.45) is 2.16. The zero-order valence-corrected chi connectivity index (χ0v) is 9.33. The molecule has 0 amide bonds. The Labute approximate surface area is 90.8 Å². The van der Waals surface area contributed by atoms with Gasteiger partial charge in [0.25, 0.3) is 0 Å². The van der Waals surface area contributed by atoms with Gasteiger partial charge in [0.2, 0.25) is 0 Å². The molecular weight excluding hydrogens is 190 g/mol. The molecule has 1 aromatic carbocycles. The molecule has 0 aliphatic heterocycles. The average Bonchev–Trinajstić information content (AvgIpc) is 2.22. The van der Waals surface area contributed by atoms with Gasteiger partial charge in [0.15, 0.2) is 0 Å². The third kappa shape index (κ3) is 3.44. The number of aromatic hydroxyl groups is 2. The Morgan fingerprint density at radius 1 is 1.20 bits per heavy atom. The third-order valence-electron chi connectivity index (χ3n) is 2.64. The topological polar surface area (TPSA) is 52.5 Å². The lowest BCUT2D eigenvalue weighted by molar-refractivity contribution is 0.435. The number of hydrogen-bond donors (Lipinski definition) is 3. The van der Waals surface area contributed by atoms with Crippen molar-refractivity contribution in [3.05, 3.63) is 23.8 Å². The van der Waals surface area contributed by atoms with Crippen LogP contribution in [-0.4, -0.2) is 16.3 Å². The molecule has 3 N–H and O–H groups in total. The maximum absolute atomic E-state index is 9.55. The molecule has 0 heterocycles. The second kappa shape index (κ2) is 5.61. The van der Waals surface area contributed by atoms with E-state index in [1.54, 1.807) is 12.1 Å². The normalized spacial score (nSPS) is 10.9. The maximum Gasteiger partial charge on any atom is 0.123 e. The largest absolute Gasteiger partial charge is 0.508 e. The third-order valence-corrected chi connectivity index (χ3v) is 2.64. The zero-order chi connectivity index (χ0) is 11.3. The van der Waals surface area contributed by atoms with Gasteiger partial charge in [-0.3, -0.25) is 0 Å². The van der Waals surface area contributed by atoms with Crippen molar-refractivity contribution in [3.8, 4) is 11.5 Å². The Hall–Kier alpha value is -1.22. The Bertz CT molecular complexity index is 308. The highest BCUT2D eigenvalue weighted by Crippen LogP contribution is 2.22. The lowest BCUT2D eigenvalue weighted by Crippen LogP contribution is -2.26. The first kappa shape index (κ1) is 11.9. The van der Waals surface area contributed by atoms with Gasteiger partial charge >= 0.3 is 0 Å². The fourth-order valence-electron chi connectivity index (χ4n) is 1.53. The van der Waals surface area contributed by atoms with E-state index in [0.717, 1.165) is 18.4 Å². The molecular formula is C12H19NO2. The van der Waals surface area contributed by atoms with Crippen LogP contribution < -0.4 is 5.32 Å². The van der Waals surface area contributed by atoms with Crippen molar-refractivity contribution < 1.29 is 10.2 Å². The summed E-state index contributed by atoms with van der Waals surface area (Å²) >= 11 is 0. The Kier molecular flexibility index (Phi) is 4.43. The van der Waals surface area contributed by atoms with Crippen molar-refractivity contribution in [2.45, 2.75) is 39.3 Å². The van der Waals surface area contributed by atoms with Crippen molar-refractivity contribution in [1.29, 1.82) is 0 Å². The maximum atomic E-state index is 9.55. The predicted octanol–water partition coefficient (Wildman–Crippen LogP) is 2.38. The van der Waals surface area contributed by atoms with Gasteiger partial charge in [-0.1, -0.05) is 19.9 Å². The first-order chi connectivity index (χ1) is 7.17. The van der Waals surface area contributed by atoms with E-state index in [2.05, 4.69) is 19.2 Å². The molecule has 0 saturated heterocycles. The molecule has 0 unspecified atom stereocenters. The van der Waals surface area contributed by atoms with Gasteiger partial charge in [-0.25, -0.2) is 0 Å². The molecule has 3 heteroatoms. The summed E-state index contributed by atoms with van der Waals surface area (Å²) in [7, 11) is 0. The molecule has 0 saturated carbocycles. The molecule has 0 atom stereocenters. The van der Waals surface area contributed by atoms with Gasteiger partial charge in [-0.05, 0) is 18.9 Å². The van der Waals surface area contributed by atoms with Gasteiger partial charge in [0.1, 0.15) is 11.5 Å². The summed E-state index contributed by atoms with van der Waals surface area (Å²) in [5.74, 6) is 0.243. The van der Waals surface area contributed by atoms with Crippen LogP contribution in [0, 0.1) is 0 Å². The number of phenolic OH excluding ortho intramolecular Hbond substituents is 2. The zero-order valence-electron chi connectivity index (χ0n) is 9.33. The van der Waals surface area contributed by atoms with Crippen molar-refractivity contribution in [2.24, 2.45) is 0 Å². The van der Waals surface area contributed by atoms with E-state index in [0.29, 0.717) is 12.6 Å². The summed E-state index contributed by atoms with van der Waals surface area (Å²) in [6, 6.07) is 5.17. The summed E-state index contributed by atoms with van der Waals surface area (Å²) in [5, 5.41) is 22.0. The van der Waals surface area contributed by atoms with Crippen LogP contribution in [0.3, 0.4) is 0 Å². The average molecular weight is 209 g/mol. The smallest absolute Gasteiger partial charge is 0.123 e. The molecule has 1 aromatic rings. The quantitative estimate of drug-likeness (QED) is 0.698. The highest BCUT2D eigenvalue weighted by atomic mass is 16.3. The van der Waals surface area contributed by atoms with E-state index in [4.69, 9.17) is 5.11 Å². The molecule has 0 aromatic heterocycles. The molecule has 0 aliphatic rings. The lowest BCUT2D eigenvalue weighted by atomic mass is 10.1. The van der Waals surface area contributed by atoms with Crippen LogP contribution in [0.15, 0.2) is 18.2 Å². The van der Waals surface area contributed by atoms with E-state index >= 15 is 0 Å². The number of rotatable bonds is 5. The Morgan fingerprint density at radius 3 is 2.40 bits per heavy atom. The van der Waals surface area contributed by atoms with E-state index in [1.165, 1.54) is 6.07 Å². The molecule has 84 valence electrons. The van der Waals surface area contributed by atoms with Crippen molar-refractivity contribution in [1.82, 2.24) is 5.32 Å². The fraction of sp³-hybridized carbons (Fsp3) is 0.500. The van der Waals surface area contributed by atoms with Gasteiger partial charge in [0, 0.05) is 24.2 Å². The fourth-order valence-corrected chi connectivity index (χ4v) is 1.53. The van der Waals surface area contributed by atoms with E-state index in [1.807, 2.05) is 0 Å². The van der Waals surface area contributed by atoms with Crippen molar-refractivity contribution >= 4 is 0 Å². The number of nitrogens with one attached hydrogen (secondary N) is 1. The highest BCUT2D eigenvalue weighted by Gasteiger charge is 2.05. The van der Waals surface area contributed by atoms with Crippen LogP contribution >= 0.6 is 0 Å². The lowest BCUT2D eigenvalue weighted by Gasteiger charge is -2.15. The van der Waals surface area contributed by atoms with Crippen molar-refractivity contribution in [3.63, 3.8) is 0 Å². The molecule has 3 nitrogen and oxygen atoms in total. The van der Waals surface area contributed by atoms with Crippen LogP contribution in [0.25, 0.3) is 0 Å². The molecule has 0 fully saturated rings. The van der Waals surface area contributed by atoms with Gasteiger partial charge in [0.05, 0.1) is 0 Å². The van der Waals surface area contributed by atoms with Gasteiger partial charge < -0.3 is 15.5 Å². The standard InChI is InChI=1S/C12H19NO2/c1-3-10(4-2)13-8-9-5-6-11(14)7-12(9)15/h5-7,10,13-15H,3-4,8H2,1-2H3. The minimum Gasteiger partial charge on any atom is -0.508 e. The molecule has 1 rings (SSSR count). The second-order valence-electron chi connectivity index (χ2n) is 3.71. The van der Waals surface area contributed by atoms with Crippen LogP contribution in [0.4, 0.5) is 0 Å². The second-order valence-corrected chi connectivity index (χ2v) is 3.71. The summed E-state index contributed by atoms with van der Waals surface area (Å²) in [5.41, 5.74) is 0.819. The first-order valence-corrected chi connectivity index (χ1v) is 5.41. The Morgan fingerprint density at radius 2 is 1.87 bits per heavy atom. The van der Waals surface area contributed by atoms with E-state index < -0.39 is 0 Å². The number of phenols is 2. The molecule has 0 aliphatic carbocycles. The minimum atomic E-state index is 0.0961. The van der Waals surface area contributed by atoms with Crippen LogP contribution in [0.5, 0.6) is 11.5 Å². The number of hydrogen-bond acceptors (Lipinski definition) is 3. The summed E-state index contributed by atoms with van der Waals surface area (Å²) < 4.78 is 0. The van der Waals surface area contributed by atoms with Crippen LogP contribution in [0.1, 0.15) is 32.3 Å². The predicted molar refractivity (Wildman–Crippen MR) is 61.0 cm³/mol. The van der Waals surface area contributed by atoms with E-state index in [9.17, 15) is 5.11 Å². The summed E-state index contributed by atoms with van der Waals surface area (Å²) in [4.78, 5) is 0. The van der Waals surface area contributed by atoms with Crippen LogP contribution in [-0.2, 0) is 6.54 Å². The highest BCUT2D eigenvalue weighted by molar-refractivity contribution is 5.38. The van der Waals surface area contributed by atoms with Crippen molar-refractivity contribution in [2.75, 3.05) is 0 Å². The van der Waals surface area contributed by atoms with E-state index in [-0.39, 0.29) is 11.5 Å². The molecule has 0 spiro atoms. The SMILES string of the molecule is CCC(CC)NCc1ccc(O)cc1O. The molecule has 0 bridgehead atoms. The molecule has 0 radical (unpaired) electrons. The first-order valence-electron chi connectivity index (χ1n) is 5.41. The van der Waals surface area contributed by atoms with Crippen LogP contribution in [0.2, 0.25) is 0 Å². The monoisotopic (exact) mass is 209 g/mol. The molecule has 15 heavy (non-hydrogen) atoms. The minimum absolute atomic E-state index is 0.0961.